The van der Waals surface area contributed by atoms with Crippen LogP contribution in [0.15, 0.2) is 28.7 Å². The minimum atomic E-state index is -1.46. The van der Waals surface area contributed by atoms with Crippen LogP contribution in [0.3, 0.4) is 0 Å². The first-order chi connectivity index (χ1) is 9.60. The molecule has 1 aromatic carbocycles. The molecule has 0 saturated heterocycles. The average molecular weight is 274 g/mol. The Hall–Kier alpha value is -1.66. The predicted molar refractivity (Wildman–Crippen MR) is 77.3 cm³/mol. The van der Waals surface area contributed by atoms with E-state index in [0.717, 1.165) is 24.8 Å². The Kier molecular flexibility index (Phi) is 4.92. The van der Waals surface area contributed by atoms with Crippen molar-refractivity contribution in [2.24, 2.45) is 5.92 Å². The van der Waals surface area contributed by atoms with Crippen molar-refractivity contribution in [3.05, 3.63) is 30.2 Å². The van der Waals surface area contributed by atoms with Crippen LogP contribution >= 0.6 is 0 Å². The molecule has 2 rings (SSSR count). The smallest absolute Gasteiger partial charge is 0.423 e. The molecule has 0 aliphatic heterocycles. The van der Waals surface area contributed by atoms with Crippen molar-refractivity contribution >= 4 is 12.6 Å². The van der Waals surface area contributed by atoms with Gasteiger partial charge in [-0.1, -0.05) is 32.4 Å². The van der Waals surface area contributed by atoms with E-state index in [4.69, 9.17) is 14.5 Å². The highest BCUT2D eigenvalue weighted by atomic mass is 16.4. The summed E-state index contributed by atoms with van der Waals surface area (Å²) in [6.45, 7) is 4.37. The van der Waals surface area contributed by atoms with E-state index in [9.17, 15) is 0 Å². The molecule has 0 unspecified atom stereocenters. The molecule has 2 aromatic rings. The normalized spacial score (nSPS) is 12.4. The van der Waals surface area contributed by atoms with Gasteiger partial charge in [0.2, 0.25) is 11.8 Å². The molecule has 0 bridgehead atoms. The molecule has 0 spiro atoms. The van der Waals surface area contributed by atoms with E-state index < -0.39 is 7.12 Å². The van der Waals surface area contributed by atoms with Crippen molar-refractivity contribution in [1.29, 1.82) is 0 Å². The second-order valence-corrected chi connectivity index (χ2v) is 5.05. The number of nitrogens with zero attached hydrogens (tertiary/aromatic N) is 2. The molecule has 6 heteroatoms. The van der Waals surface area contributed by atoms with E-state index in [2.05, 4.69) is 24.0 Å². The fraction of sp³-hybridized carbons (Fsp3) is 0.429. The fourth-order valence-electron chi connectivity index (χ4n) is 1.84. The van der Waals surface area contributed by atoms with Crippen molar-refractivity contribution in [2.75, 3.05) is 0 Å². The van der Waals surface area contributed by atoms with Crippen molar-refractivity contribution in [2.45, 2.75) is 33.1 Å². The van der Waals surface area contributed by atoms with Crippen LogP contribution < -0.4 is 5.46 Å². The van der Waals surface area contributed by atoms with Crippen molar-refractivity contribution in [1.82, 2.24) is 10.2 Å². The number of hydrogen-bond acceptors (Lipinski definition) is 5. The average Bonchev–Trinajstić information content (AvgIpc) is 2.93. The van der Waals surface area contributed by atoms with Gasteiger partial charge >= 0.3 is 7.12 Å². The Morgan fingerprint density at radius 1 is 1.20 bits per heavy atom. The molecule has 1 atom stereocenters. The molecule has 0 aliphatic carbocycles. The van der Waals surface area contributed by atoms with Gasteiger partial charge in [-0.05, 0) is 29.9 Å². The molecule has 0 saturated carbocycles. The number of rotatable bonds is 6. The summed E-state index contributed by atoms with van der Waals surface area (Å²) >= 11 is 0. The van der Waals surface area contributed by atoms with Gasteiger partial charge in [0.25, 0.3) is 0 Å². The molecule has 5 nitrogen and oxygen atoms in total. The van der Waals surface area contributed by atoms with Gasteiger partial charge in [-0.3, -0.25) is 0 Å². The molecule has 20 heavy (non-hydrogen) atoms. The summed E-state index contributed by atoms with van der Waals surface area (Å²) in [5.41, 5.74) is 1.21. The number of benzene rings is 1. The molecule has 0 fully saturated rings. The lowest BCUT2D eigenvalue weighted by Crippen LogP contribution is -2.29. The molecular weight excluding hydrogens is 255 g/mol. The van der Waals surface area contributed by atoms with Gasteiger partial charge < -0.3 is 14.5 Å². The molecule has 0 radical (unpaired) electrons. The maximum atomic E-state index is 9.04. The number of hydrogen-bond donors (Lipinski definition) is 2. The Labute approximate surface area is 118 Å². The van der Waals surface area contributed by atoms with Gasteiger partial charge in [0.05, 0.1) is 0 Å². The van der Waals surface area contributed by atoms with Crippen LogP contribution in [0.2, 0.25) is 0 Å². The van der Waals surface area contributed by atoms with E-state index in [1.807, 2.05) is 0 Å². The number of aryl methyl sites for hydroxylation is 1. The van der Waals surface area contributed by atoms with E-state index in [-0.39, 0.29) is 0 Å². The minimum absolute atomic E-state index is 0.435. The van der Waals surface area contributed by atoms with Crippen LogP contribution in [0.25, 0.3) is 11.5 Å². The second kappa shape index (κ2) is 6.68. The lowest BCUT2D eigenvalue weighted by Gasteiger charge is -2.04. The van der Waals surface area contributed by atoms with Crippen LogP contribution in [0.5, 0.6) is 0 Å². The zero-order valence-electron chi connectivity index (χ0n) is 11.8. The zero-order chi connectivity index (χ0) is 14.5. The first-order valence-electron chi connectivity index (χ1n) is 6.89. The Morgan fingerprint density at radius 2 is 1.90 bits per heavy atom. The molecule has 0 amide bonds. The lowest BCUT2D eigenvalue weighted by atomic mass is 9.80. The van der Waals surface area contributed by atoms with Crippen molar-refractivity contribution in [3.63, 3.8) is 0 Å². The minimum Gasteiger partial charge on any atom is -0.423 e. The van der Waals surface area contributed by atoms with Gasteiger partial charge in [0.1, 0.15) is 0 Å². The van der Waals surface area contributed by atoms with Crippen molar-refractivity contribution in [3.8, 4) is 11.5 Å². The molecule has 106 valence electrons. The summed E-state index contributed by atoms with van der Waals surface area (Å²) in [6, 6.07) is 6.73. The van der Waals surface area contributed by atoms with Crippen LogP contribution in [0.4, 0.5) is 0 Å². The maximum absolute atomic E-state index is 9.04. The highest BCUT2D eigenvalue weighted by Gasteiger charge is 2.13. The van der Waals surface area contributed by atoms with Crippen LogP contribution in [-0.2, 0) is 6.42 Å². The number of aromatic nitrogens is 2. The van der Waals surface area contributed by atoms with Gasteiger partial charge in [0.15, 0.2) is 0 Å². The summed E-state index contributed by atoms with van der Waals surface area (Å²) in [6.07, 6.45) is 2.97. The summed E-state index contributed by atoms with van der Waals surface area (Å²) in [5, 5.41) is 26.1. The van der Waals surface area contributed by atoms with E-state index >= 15 is 0 Å². The highest BCUT2D eigenvalue weighted by Crippen LogP contribution is 2.18. The molecular formula is C14H19BN2O3. The van der Waals surface area contributed by atoms with Crippen LogP contribution in [0.1, 0.15) is 32.6 Å². The predicted octanol–water partition coefficient (Wildman–Crippen LogP) is 1.40. The summed E-state index contributed by atoms with van der Waals surface area (Å²) in [5.74, 6) is 1.75. The first-order valence-corrected chi connectivity index (χ1v) is 6.89. The summed E-state index contributed by atoms with van der Waals surface area (Å²) < 4.78 is 5.62. The topological polar surface area (TPSA) is 79.4 Å². The van der Waals surface area contributed by atoms with Crippen molar-refractivity contribution < 1.29 is 14.5 Å². The monoisotopic (exact) mass is 274 g/mol. The third-order valence-corrected chi connectivity index (χ3v) is 3.47. The quantitative estimate of drug-likeness (QED) is 0.778. The maximum Gasteiger partial charge on any atom is 0.488 e. The standard InChI is InChI=1S/C14H19BN2O3/c1-3-10(2)4-9-13-16-17-14(20-13)11-5-7-12(8-6-11)15(18)19/h5-8,10,18-19H,3-4,9H2,1-2H3/t10-/m0/s1. The SMILES string of the molecule is CC[C@H](C)CCc1nnc(-c2ccc(B(O)O)cc2)o1. The first kappa shape index (κ1) is 14.7. The summed E-state index contributed by atoms with van der Waals surface area (Å²) in [4.78, 5) is 0. The molecule has 2 N–H and O–H groups in total. The third-order valence-electron chi connectivity index (χ3n) is 3.47. The van der Waals surface area contributed by atoms with E-state index in [1.54, 1.807) is 24.3 Å². The van der Waals surface area contributed by atoms with Gasteiger partial charge in [-0.2, -0.15) is 0 Å². The van der Waals surface area contributed by atoms with E-state index in [0.29, 0.717) is 23.2 Å². The van der Waals surface area contributed by atoms with E-state index in [1.165, 1.54) is 0 Å². The Bertz CT molecular complexity index is 540. The molecule has 1 aromatic heterocycles. The second-order valence-electron chi connectivity index (χ2n) is 5.05. The molecule has 1 heterocycles. The fourth-order valence-corrected chi connectivity index (χ4v) is 1.84. The largest absolute Gasteiger partial charge is 0.488 e. The third kappa shape index (κ3) is 3.68. The zero-order valence-corrected chi connectivity index (χ0v) is 11.8. The lowest BCUT2D eigenvalue weighted by molar-refractivity contribution is 0.425. The van der Waals surface area contributed by atoms with Crippen LogP contribution in [-0.4, -0.2) is 27.4 Å². The highest BCUT2D eigenvalue weighted by molar-refractivity contribution is 6.58. The Morgan fingerprint density at radius 3 is 2.50 bits per heavy atom. The van der Waals surface area contributed by atoms with Crippen LogP contribution in [0, 0.1) is 5.92 Å². The molecule has 0 aliphatic rings. The van der Waals surface area contributed by atoms with Gasteiger partial charge in [-0.25, -0.2) is 0 Å². The summed E-state index contributed by atoms with van der Waals surface area (Å²) in [7, 11) is -1.46. The van der Waals surface area contributed by atoms with Gasteiger partial charge in [0, 0.05) is 12.0 Å². The Balaban J connectivity index is 2.04. The van der Waals surface area contributed by atoms with Gasteiger partial charge in [-0.15, -0.1) is 10.2 Å².